The van der Waals surface area contributed by atoms with Crippen LogP contribution in [0.2, 0.25) is 5.02 Å². The summed E-state index contributed by atoms with van der Waals surface area (Å²) < 4.78 is 11.9. The molecule has 0 fully saturated rings. The lowest BCUT2D eigenvalue weighted by Crippen LogP contribution is -2.17. The maximum Gasteiger partial charge on any atom is 0.343 e. The van der Waals surface area contributed by atoms with Gasteiger partial charge in [-0.2, -0.15) is 5.10 Å². The third-order valence-corrected chi connectivity index (χ3v) is 4.82. The quantitative estimate of drug-likeness (QED) is 0.201. The van der Waals surface area contributed by atoms with Crippen LogP contribution in [0.5, 0.6) is 11.5 Å². The van der Waals surface area contributed by atoms with E-state index in [0.29, 0.717) is 34.1 Å². The lowest BCUT2D eigenvalue weighted by molar-refractivity contribution is 0.0728. The van der Waals surface area contributed by atoms with Crippen molar-refractivity contribution in [2.24, 2.45) is 5.10 Å². The van der Waals surface area contributed by atoms with E-state index in [9.17, 15) is 9.59 Å². The van der Waals surface area contributed by atoms with E-state index in [1.165, 1.54) is 6.21 Å². The van der Waals surface area contributed by atoms with Crippen LogP contribution in [0, 0.1) is 0 Å². The maximum absolute atomic E-state index is 12.4. The number of nitrogens with zero attached hydrogens (tertiary/aromatic N) is 1. The highest BCUT2D eigenvalue weighted by Gasteiger charge is 2.13. The normalized spacial score (nSPS) is 10.7. The third-order valence-electron chi connectivity index (χ3n) is 4.04. The summed E-state index contributed by atoms with van der Waals surface area (Å²) in [7, 11) is 0. The number of esters is 1. The van der Waals surface area contributed by atoms with E-state index in [1.807, 2.05) is 6.92 Å². The molecule has 1 amide bonds. The zero-order valence-corrected chi connectivity index (χ0v) is 18.8. The van der Waals surface area contributed by atoms with Gasteiger partial charge in [0.2, 0.25) is 0 Å². The first-order valence-corrected chi connectivity index (χ1v) is 10.5. The van der Waals surface area contributed by atoms with Gasteiger partial charge in [-0.1, -0.05) is 27.5 Å². The largest absolute Gasteiger partial charge is 0.490 e. The second-order valence-electron chi connectivity index (χ2n) is 6.24. The molecule has 0 heterocycles. The number of carbonyl (C=O) groups excluding carboxylic acids is 2. The minimum atomic E-state index is -0.495. The Morgan fingerprint density at radius 3 is 2.35 bits per heavy atom. The highest BCUT2D eigenvalue weighted by molar-refractivity contribution is 9.10. The fourth-order valence-corrected chi connectivity index (χ4v) is 2.92. The van der Waals surface area contributed by atoms with E-state index in [0.717, 1.165) is 4.47 Å². The van der Waals surface area contributed by atoms with Crippen LogP contribution in [0.1, 0.15) is 33.2 Å². The van der Waals surface area contributed by atoms with Gasteiger partial charge in [0.05, 0.1) is 18.4 Å². The Balaban J connectivity index is 1.69. The first-order valence-electron chi connectivity index (χ1n) is 9.30. The summed E-state index contributed by atoms with van der Waals surface area (Å²) in [4.78, 5) is 24.5. The molecule has 8 heteroatoms. The molecule has 0 bridgehead atoms. The Morgan fingerprint density at radius 2 is 1.68 bits per heavy atom. The molecule has 6 nitrogen and oxygen atoms in total. The number of nitrogens with one attached hydrogen (secondary N) is 1. The van der Waals surface area contributed by atoms with E-state index >= 15 is 0 Å². The number of amides is 1. The fourth-order valence-electron chi connectivity index (χ4n) is 2.53. The fraction of sp³-hybridized carbons (Fsp3) is 0.0870. The monoisotopic (exact) mass is 500 g/mol. The second kappa shape index (κ2) is 10.7. The molecule has 0 aliphatic rings. The van der Waals surface area contributed by atoms with Crippen LogP contribution in [-0.2, 0) is 0 Å². The van der Waals surface area contributed by atoms with Crippen molar-refractivity contribution in [3.63, 3.8) is 0 Å². The van der Waals surface area contributed by atoms with Crippen molar-refractivity contribution < 1.29 is 19.1 Å². The van der Waals surface area contributed by atoms with E-state index in [2.05, 4.69) is 26.5 Å². The summed E-state index contributed by atoms with van der Waals surface area (Å²) >= 11 is 9.15. The lowest BCUT2D eigenvalue weighted by Gasteiger charge is -2.11. The van der Waals surface area contributed by atoms with E-state index < -0.39 is 5.97 Å². The SMILES string of the molecule is CCOc1cc(/C=N\NC(=O)c2ccc(Cl)cc2)ccc1OC(=O)c1ccc(Br)cc1. The summed E-state index contributed by atoms with van der Waals surface area (Å²) in [6.07, 6.45) is 1.47. The van der Waals surface area contributed by atoms with Crippen LogP contribution >= 0.6 is 27.5 Å². The topological polar surface area (TPSA) is 77.0 Å². The predicted octanol–water partition coefficient (Wildman–Crippen LogP) is 5.48. The van der Waals surface area contributed by atoms with Gasteiger partial charge in [0, 0.05) is 15.1 Å². The molecule has 0 saturated carbocycles. The van der Waals surface area contributed by atoms with E-state index in [4.69, 9.17) is 21.1 Å². The van der Waals surface area contributed by atoms with Crippen molar-refractivity contribution >= 4 is 45.6 Å². The average molecular weight is 502 g/mol. The van der Waals surface area contributed by atoms with Crippen LogP contribution < -0.4 is 14.9 Å². The zero-order chi connectivity index (χ0) is 22.2. The standard InChI is InChI=1S/C23H18BrClN2O4/c1-2-30-21-13-15(14-26-27-22(28)16-6-10-19(25)11-7-16)3-12-20(21)31-23(29)17-4-8-18(24)9-5-17/h3-14H,2H2,1H3,(H,27,28)/b26-14-. The van der Waals surface area contributed by atoms with Crippen molar-refractivity contribution in [3.05, 3.63) is 92.9 Å². The number of benzene rings is 3. The number of hydrazone groups is 1. The summed E-state index contributed by atoms with van der Waals surface area (Å²) in [5.74, 6) is -0.179. The van der Waals surface area contributed by atoms with E-state index in [1.54, 1.807) is 66.7 Å². The number of hydrogen-bond acceptors (Lipinski definition) is 5. The smallest absolute Gasteiger partial charge is 0.343 e. The average Bonchev–Trinajstić information content (AvgIpc) is 2.76. The number of ether oxygens (including phenoxy) is 2. The van der Waals surface area contributed by atoms with Gasteiger partial charge in [0.25, 0.3) is 5.91 Å². The summed E-state index contributed by atoms with van der Waals surface area (Å²) in [6, 6.07) is 18.3. The van der Waals surface area contributed by atoms with Crippen molar-refractivity contribution in [1.82, 2.24) is 5.43 Å². The zero-order valence-electron chi connectivity index (χ0n) is 16.5. The molecule has 0 aliphatic heterocycles. The second-order valence-corrected chi connectivity index (χ2v) is 7.59. The Labute approximate surface area is 193 Å². The first kappa shape index (κ1) is 22.5. The molecule has 0 unspecified atom stereocenters. The van der Waals surface area contributed by atoms with Gasteiger partial charge in [-0.3, -0.25) is 4.79 Å². The minimum absolute atomic E-state index is 0.289. The number of halogens is 2. The van der Waals surface area contributed by atoms with Crippen LogP contribution in [0.3, 0.4) is 0 Å². The Morgan fingerprint density at radius 1 is 1.00 bits per heavy atom. The molecular formula is C23H18BrClN2O4. The van der Waals surface area contributed by atoms with Crippen LogP contribution in [-0.4, -0.2) is 24.7 Å². The van der Waals surface area contributed by atoms with Crippen molar-refractivity contribution in [2.45, 2.75) is 6.92 Å². The van der Waals surface area contributed by atoms with Gasteiger partial charge < -0.3 is 9.47 Å². The minimum Gasteiger partial charge on any atom is -0.490 e. The van der Waals surface area contributed by atoms with Gasteiger partial charge >= 0.3 is 5.97 Å². The molecule has 0 atom stereocenters. The van der Waals surface area contributed by atoms with Gasteiger partial charge in [-0.15, -0.1) is 0 Å². The van der Waals surface area contributed by atoms with Crippen molar-refractivity contribution in [3.8, 4) is 11.5 Å². The third kappa shape index (κ3) is 6.41. The highest BCUT2D eigenvalue weighted by atomic mass is 79.9. The Hall–Kier alpha value is -3.16. The molecular weight excluding hydrogens is 484 g/mol. The molecule has 0 radical (unpaired) electrons. The Kier molecular flexibility index (Phi) is 7.81. The van der Waals surface area contributed by atoms with Gasteiger partial charge in [0.1, 0.15) is 0 Å². The summed E-state index contributed by atoms with van der Waals surface area (Å²) in [5.41, 5.74) is 3.96. The first-order chi connectivity index (χ1) is 15.0. The van der Waals surface area contributed by atoms with Crippen molar-refractivity contribution in [2.75, 3.05) is 6.61 Å². The lowest BCUT2D eigenvalue weighted by atomic mass is 10.2. The molecule has 0 aliphatic carbocycles. The summed E-state index contributed by atoms with van der Waals surface area (Å²) in [6.45, 7) is 2.21. The molecule has 3 aromatic carbocycles. The highest BCUT2D eigenvalue weighted by Crippen LogP contribution is 2.29. The molecule has 3 rings (SSSR count). The van der Waals surface area contributed by atoms with Crippen LogP contribution in [0.25, 0.3) is 0 Å². The van der Waals surface area contributed by atoms with Gasteiger partial charge in [-0.25, -0.2) is 10.2 Å². The number of hydrogen-bond donors (Lipinski definition) is 1. The van der Waals surface area contributed by atoms with Gasteiger partial charge in [-0.05, 0) is 79.2 Å². The molecule has 1 N–H and O–H groups in total. The van der Waals surface area contributed by atoms with Gasteiger partial charge in [0.15, 0.2) is 11.5 Å². The molecule has 0 spiro atoms. The molecule has 0 saturated heterocycles. The summed E-state index contributed by atoms with van der Waals surface area (Å²) in [5, 5.41) is 4.51. The molecule has 31 heavy (non-hydrogen) atoms. The molecule has 158 valence electrons. The van der Waals surface area contributed by atoms with Crippen LogP contribution in [0.15, 0.2) is 76.3 Å². The predicted molar refractivity (Wildman–Crippen MR) is 123 cm³/mol. The number of rotatable bonds is 7. The number of carbonyl (C=O) groups is 2. The van der Waals surface area contributed by atoms with E-state index in [-0.39, 0.29) is 11.7 Å². The van der Waals surface area contributed by atoms with Crippen LogP contribution in [0.4, 0.5) is 0 Å². The Bertz CT molecular complexity index is 1100. The molecule has 0 aromatic heterocycles. The molecule has 3 aromatic rings. The van der Waals surface area contributed by atoms with Crippen molar-refractivity contribution in [1.29, 1.82) is 0 Å². The maximum atomic E-state index is 12.4.